The van der Waals surface area contributed by atoms with Crippen LogP contribution in [0.2, 0.25) is 0 Å². The van der Waals surface area contributed by atoms with Crippen LogP contribution in [0, 0.1) is 12.8 Å². The highest BCUT2D eigenvalue weighted by Crippen LogP contribution is 2.29. The quantitative estimate of drug-likeness (QED) is 0.570. The predicted molar refractivity (Wildman–Crippen MR) is 98.4 cm³/mol. The second-order valence-corrected chi connectivity index (χ2v) is 6.78. The summed E-state index contributed by atoms with van der Waals surface area (Å²) >= 11 is 0. The van der Waals surface area contributed by atoms with Crippen molar-refractivity contribution >= 4 is 12.3 Å². The van der Waals surface area contributed by atoms with E-state index in [0.717, 1.165) is 37.5 Å². The lowest BCUT2D eigenvalue weighted by molar-refractivity contribution is -0.142. The summed E-state index contributed by atoms with van der Waals surface area (Å²) in [5.41, 5.74) is 2.73. The van der Waals surface area contributed by atoms with Crippen molar-refractivity contribution in [3.05, 3.63) is 35.8 Å². The number of rotatable bonds is 6. The van der Waals surface area contributed by atoms with Crippen LogP contribution in [0.15, 0.2) is 24.5 Å². The standard InChI is InChI=1S/C20H23N3O4/c1-13-15(12-24)5-8-18(23-13)16-10-21-20(22-11-16)27-17-6-3-14(4-7-17)9-19(25)26-2/h5,8,10-12,14,17H,3-4,6-7,9H2,1-2H3/t14-,17+. The Bertz CT molecular complexity index is 799. The van der Waals surface area contributed by atoms with Gasteiger partial charge >= 0.3 is 12.0 Å². The van der Waals surface area contributed by atoms with Crippen LogP contribution in [0.25, 0.3) is 11.3 Å². The normalized spacial score (nSPS) is 19.3. The number of aromatic nitrogens is 3. The van der Waals surface area contributed by atoms with Crippen LogP contribution in [0.4, 0.5) is 0 Å². The van der Waals surface area contributed by atoms with Crippen molar-refractivity contribution in [2.24, 2.45) is 5.92 Å². The molecule has 1 aliphatic carbocycles. The summed E-state index contributed by atoms with van der Waals surface area (Å²) in [5.74, 6) is 0.215. The summed E-state index contributed by atoms with van der Waals surface area (Å²) in [5, 5.41) is 0. The molecule has 0 radical (unpaired) electrons. The highest BCUT2D eigenvalue weighted by molar-refractivity contribution is 5.77. The first-order valence-electron chi connectivity index (χ1n) is 9.07. The van der Waals surface area contributed by atoms with Crippen LogP contribution in [0.3, 0.4) is 0 Å². The topological polar surface area (TPSA) is 91.3 Å². The molecule has 1 fully saturated rings. The van der Waals surface area contributed by atoms with Gasteiger partial charge in [0, 0.05) is 35.6 Å². The summed E-state index contributed by atoms with van der Waals surface area (Å²) in [6, 6.07) is 3.86. The molecule has 7 nitrogen and oxygen atoms in total. The molecule has 1 saturated carbocycles. The Morgan fingerprint density at radius 1 is 1.19 bits per heavy atom. The van der Waals surface area contributed by atoms with E-state index >= 15 is 0 Å². The minimum atomic E-state index is -0.150. The van der Waals surface area contributed by atoms with E-state index in [9.17, 15) is 9.59 Å². The third-order valence-corrected chi connectivity index (χ3v) is 4.93. The number of hydrogen-bond acceptors (Lipinski definition) is 7. The molecule has 0 spiro atoms. The van der Waals surface area contributed by atoms with E-state index in [2.05, 4.69) is 15.0 Å². The zero-order valence-corrected chi connectivity index (χ0v) is 15.6. The molecule has 0 N–H and O–H groups in total. The maximum Gasteiger partial charge on any atom is 0.316 e. The molecule has 7 heteroatoms. The molecule has 0 unspecified atom stereocenters. The minimum Gasteiger partial charge on any atom is -0.469 e. The first-order valence-corrected chi connectivity index (χ1v) is 9.07. The lowest BCUT2D eigenvalue weighted by Crippen LogP contribution is -2.26. The fraction of sp³-hybridized carbons (Fsp3) is 0.450. The number of hydrogen-bond donors (Lipinski definition) is 0. The molecular weight excluding hydrogens is 346 g/mol. The zero-order chi connectivity index (χ0) is 19.2. The number of carbonyl (C=O) groups is 2. The molecule has 2 aromatic rings. The lowest BCUT2D eigenvalue weighted by Gasteiger charge is -2.27. The Labute approximate surface area is 158 Å². The number of methoxy groups -OCH3 is 1. The van der Waals surface area contributed by atoms with E-state index in [1.165, 1.54) is 7.11 Å². The second kappa shape index (κ2) is 8.70. The maximum atomic E-state index is 11.4. The molecule has 142 valence electrons. The average Bonchev–Trinajstić information content (AvgIpc) is 2.70. The number of nitrogens with zero attached hydrogens (tertiary/aromatic N) is 3. The monoisotopic (exact) mass is 369 g/mol. The van der Waals surface area contributed by atoms with E-state index in [-0.39, 0.29) is 12.1 Å². The fourth-order valence-corrected chi connectivity index (χ4v) is 3.29. The first-order chi connectivity index (χ1) is 13.1. The zero-order valence-electron chi connectivity index (χ0n) is 15.6. The van der Waals surface area contributed by atoms with Crippen molar-refractivity contribution < 1.29 is 19.1 Å². The van der Waals surface area contributed by atoms with Crippen LogP contribution >= 0.6 is 0 Å². The van der Waals surface area contributed by atoms with Gasteiger partial charge in [-0.15, -0.1) is 0 Å². The minimum absolute atomic E-state index is 0.0667. The first kappa shape index (κ1) is 18.9. The van der Waals surface area contributed by atoms with E-state index < -0.39 is 0 Å². The molecule has 2 aromatic heterocycles. The largest absolute Gasteiger partial charge is 0.469 e. The molecule has 3 rings (SSSR count). The summed E-state index contributed by atoms with van der Waals surface area (Å²) in [4.78, 5) is 35.2. The average molecular weight is 369 g/mol. The van der Waals surface area contributed by atoms with Gasteiger partial charge < -0.3 is 9.47 Å². The van der Waals surface area contributed by atoms with Gasteiger partial charge in [0.15, 0.2) is 6.29 Å². The number of pyridine rings is 1. The van der Waals surface area contributed by atoms with Gasteiger partial charge in [-0.1, -0.05) is 0 Å². The number of carbonyl (C=O) groups excluding carboxylic acids is 2. The number of aldehydes is 1. The Kier molecular flexibility index (Phi) is 6.11. The van der Waals surface area contributed by atoms with E-state index in [1.54, 1.807) is 31.5 Å². The molecule has 0 bridgehead atoms. The van der Waals surface area contributed by atoms with Gasteiger partial charge in [-0.05, 0) is 50.7 Å². The predicted octanol–water partition coefficient (Wildman–Crippen LogP) is 3.16. The smallest absolute Gasteiger partial charge is 0.316 e. The van der Waals surface area contributed by atoms with Gasteiger partial charge in [0.05, 0.1) is 12.8 Å². The van der Waals surface area contributed by atoms with E-state index in [4.69, 9.17) is 9.47 Å². The van der Waals surface area contributed by atoms with Gasteiger partial charge in [0.2, 0.25) is 0 Å². The Balaban J connectivity index is 1.56. The summed E-state index contributed by atoms with van der Waals surface area (Å²) in [6.45, 7) is 1.79. The van der Waals surface area contributed by atoms with Gasteiger partial charge in [-0.3, -0.25) is 14.6 Å². The third kappa shape index (κ3) is 4.87. The van der Waals surface area contributed by atoms with Gasteiger partial charge in [0.25, 0.3) is 0 Å². The van der Waals surface area contributed by atoms with Crippen molar-refractivity contribution in [1.29, 1.82) is 0 Å². The Morgan fingerprint density at radius 2 is 1.89 bits per heavy atom. The van der Waals surface area contributed by atoms with Gasteiger partial charge in [-0.2, -0.15) is 0 Å². The Morgan fingerprint density at radius 3 is 2.48 bits per heavy atom. The number of ether oxygens (including phenoxy) is 2. The summed E-state index contributed by atoms with van der Waals surface area (Å²) < 4.78 is 10.6. The van der Waals surface area contributed by atoms with Crippen LogP contribution in [-0.4, -0.2) is 40.4 Å². The molecular formula is C20H23N3O4. The van der Waals surface area contributed by atoms with E-state index in [0.29, 0.717) is 35.3 Å². The SMILES string of the molecule is COC(=O)C[C@H]1CC[C@@H](Oc2ncc(-c3ccc(C=O)c(C)n3)cn2)CC1. The lowest BCUT2D eigenvalue weighted by atomic mass is 9.85. The second-order valence-electron chi connectivity index (χ2n) is 6.78. The van der Waals surface area contributed by atoms with Crippen molar-refractivity contribution in [3.63, 3.8) is 0 Å². The number of aryl methyl sites for hydroxylation is 1. The van der Waals surface area contributed by atoms with Crippen molar-refractivity contribution in [2.45, 2.75) is 45.1 Å². The summed E-state index contributed by atoms with van der Waals surface area (Å²) in [6.07, 6.45) is 8.30. The maximum absolute atomic E-state index is 11.4. The van der Waals surface area contributed by atoms with E-state index in [1.807, 2.05) is 0 Å². The molecule has 0 atom stereocenters. The van der Waals surface area contributed by atoms with Crippen molar-refractivity contribution in [1.82, 2.24) is 15.0 Å². The highest BCUT2D eigenvalue weighted by atomic mass is 16.5. The van der Waals surface area contributed by atoms with Crippen LogP contribution in [-0.2, 0) is 9.53 Å². The highest BCUT2D eigenvalue weighted by Gasteiger charge is 2.25. The third-order valence-electron chi connectivity index (χ3n) is 4.93. The van der Waals surface area contributed by atoms with Crippen molar-refractivity contribution in [2.75, 3.05) is 7.11 Å². The van der Waals surface area contributed by atoms with Crippen LogP contribution in [0.5, 0.6) is 6.01 Å². The molecule has 27 heavy (non-hydrogen) atoms. The fourth-order valence-electron chi connectivity index (χ4n) is 3.29. The summed E-state index contributed by atoms with van der Waals surface area (Å²) in [7, 11) is 1.42. The molecule has 0 aliphatic heterocycles. The van der Waals surface area contributed by atoms with Crippen LogP contribution in [0.1, 0.15) is 48.2 Å². The molecule has 2 heterocycles. The Hall–Kier alpha value is -2.83. The molecule has 0 amide bonds. The van der Waals surface area contributed by atoms with Crippen molar-refractivity contribution in [3.8, 4) is 17.3 Å². The van der Waals surface area contributed by atoms with Gasteiger partial charge in [0.1, 0.15) is 6.10 Å². The molecule has 0 saturated heterocycles. The van der Waals surface area contributed by atoms with Gasteiger partial charge in [-0.25, -0.2) is 9.97 Å². The molecule has 0 aromatic carbocycles. The number of esters is 1. The molecule has 1 aliphatic rings. The van der Waals surface area contributed by atoms with Crippen LogP contribution < -0.4 is 4.74 Å².